The molecule has 5 heteroatoms. The Labute approximate surface area is 144 Å². The number of benzene rings is 1. The van der Waals surface area contributed by atoms with E-state index in [1.165, 1.54) is 0 Å². The van der Waals surface area contributed by atoms with Gasteiger partial charge in [0, 0.05) is 32.7 Å². The third-order valence-electron chi connectivity index (χ3n) is 5.08. The van der Waals surface area contributed by atoms with Gasteiger partial charge in [0.25, 0.3) is 0 Å². The van der Waals surface area contributed by atoms with Crippen molar-refractivity contribution in [2.75, 3.05) is 26.8 Å². The maximum atomic E-state index is 11.6. The first-order valence-corrected chi connectivity index (χ1v) is 8.80. The molecule has 1 fully saturated rings. The number of carbonyl (C=O) groups excluding carboxylic acids is 1. The maximum Gasteiger partial charge on any atom is 0.314 e. The SMILES string of the molecule is COCCCCC(O)(c1cccc(C)c1)C1CCCN(C(N)=O)C1. The molecule has 1 heterocycles. The lowest BCUT2D eigenvalue weighted by atomic mass is 9.74. The van der Waals surface area contributed by atoms with Crippen molar-refractivity contribution in [3.05, 3.63) is 35.4 Å². The molecule has 1 aliphatic rings. The number of hydrogen-bond acceptors (Lipinski definition) is 3. The second-order valence-corrected chi connectivity index (χ2v) is 6.87. The number of piperidine rings is 1. The highest BCUT2D eigenvalue weighted by Gasteiger charge is 2.40. The van der Waals surface area contributed by atoms with Crippen molar-refractivity contribution in [1.82, 2.24) is 4.90 Å². The molecule has 0 aromatic heterocycles. The lowest BCUT2D eigenvalue weighted by Gasteiger charge is -2.42. The lowest BCUT2D eigenvalue weighted by molar-refractivity contribution is -0.0559. The number of amides is 2. The minimum Gasteiger partial charge on any atom is -0.385 e. The summed E-state index contributed by atoms with van der Waals surface area (Å²) in [5, 5.41) is 11.6. The minimum absolute atomic E-state index is 0.00287. The van der Waals surface area contributed by atoms with Crippen LogP contribution in [-0.4, -0.2) is 42.8 Å². The third-order valence-corrected chi connectivity index (χ3v) is 5.08. The van der Waals surface area contributed by atoms with Crippen LogP contribution in [0, 0.1) is 12.8 Å². The van der Waals surface area contributed by atoms with Crippen molar-refractivity contribution in [2.24, 2.45) is 11.7 Å². The second-order valence-electron chi connectivity index (χ2n) is 6.87. The van der Waals surface area contributed by atoms with Crippen molar-refractivity contribution in [3.8, 4) is 0 Å². The molecule has 3 N–H and O–H groups in total. The average Bonchev–Trinajstić information content (AvgIpc) is 2.58. The van der Waals surface area contributed by atoms with Crippen LogP contribution in [0.4, 0.5) is 4.79 Å². The van der Waals surface area contributed by atoms with Gasteiger partial charge >= 0.3 is 6.03 Å². The first-order chi connectivity index (χ1) is 11.5. The molecule has 2 amide bonds. The van der Waals surface area contributed by atoms with E-state index in [9.17, 15) is 9.90 Å². The van der Waals surface area contributed by atoms with Gasteiger partial charge in [-0.1, -0.05) is 29.8 Å². The third kappa shape index (κ3) is 4.48. The number of aryl methyl sites for hydroxylation is 1. The fraction of sp³-hybridized carbons (Fsp3) is 0.632. The zero-order valence-corrected chi connectivity index (χ0v) is 14.8. The number of unbranched alkanes of at least 4 members (excludes halogenated alkanes) is 1. The van der Waals surface area contributed by atoms with Gasteiger partial charge < -0.3 is 20.5 Å². The number of nitrogens with zero attached hydrogens (tertiary/aromatic N) is 1. The van der Waals surface area contributed by atoms with Crippen LogP contribution in [0.5, 0.6) is 0 Å². The van der Waals surface area contributed by atoms with Crippen LogP contribution < -0.4 is 5.73 Å². The number of hydrogen-bond donors (Lipinski definition) is 2. The molecule has 134 valence electrons. The Morgan fingerprint density at radius 3 is 2.92 bits per heavy atom. The van der Waals surface area contributed by atoms with Gasteiger partial charge in [0.2, 0.25) is 0 Å². The van der Waals surface area contributed by atoms with Crippen molar-refractivity contribution in [2.45, 2.75) is 44.6 Å². The predicted molar refractivity (Wildman–Crippen MR) is 94.7 cm³/mol. The summed E-state index contributed by atoms with van der Waals surface area (Å²) in [7, 11) is 1.69. The number of likely N-dealkylation sites (tertiary alicyclic amines) is 1. The standard InChI is InChI=1S/C19H30N2O3/c1-15-7-5-8-16(13-15)19(23,10-3-4-12-24-2)17-9-6-11-21(14-17)18(20)22/h5,7-8,13,17,23H,3-4,6,9-12,14H2,1-2H3,(H2,20,22). The summed E-state index contributed by atoms with van der Waals surface area (Å²) >= 11 is 0. The van der Waals surface area contributed by atoms with Gasteiger partial charge in [-0.15, -0.1) is 0 Å². The van der Waals surface area contributed by atoms with E-state index in [0.29, 0.717) is 26.1 Å². The molecule has 1 aromatic carbocycles. The molecule has 0 saturated carbocycles. The van der Waals surface area contributed by atoms with Gasteiger partial charge in [0.05, 0.1) is 5.60 Å². The second kappa shape index (κ2) is 8.49. The number of aliphatic hydroxyl groups is 1. The number of nitrogens with two attached hydrogens (primary N) is 1. The number of primary amides is 1. The van der Waals surface area contributed by atoms with Gasteiger partial charge in [0.15, 0.2) is 0 Å². The lowest BCUT2D eigenvalue weighted by Crippen LogP contribution is -2.49. The van der Waals surface area contributed by atoms with Crippen LogP contribution >= 0.6 is 0 Å². The van der Waals surface area contributed by atoms with Crippen LogP contribution in [0.15, 0.2) is 24.3 Å². The van der Waals surface area contributed by atoms with Crippen LogP contribution in [-0.2, 0) is 10.3 Å². The Morgan fingerprint density at radius 1 is 1.46 bits per heavy atom. The van der Waals surface area contributed by atoms with E-state index in [4.69, 9.17) is 10.5 Å². The summed E-state index contributed by atoms with van der Waals surface area (Å²) < 4.78 is 5.12. The summed E-state index contributed by atoms with van der Waals surface area (Å²) in [6.45, 7) is 3.93. The fourth-order valence-corrected chi connectivity index (χ4v) is 3.71. The predicted octanol–water partition coefficient (Wildman–Crippen LogP) is 2.79. The molecule has 5 nitrogen and oxygen atoms in total. The molecule has 2 unspecified atom stereocenters. The largest absolute Gasteiger partial charge is 0.385 e. The van der Waals surface area contributed by atoms with E-state index < -0.39 is 11.6 Å². The number of urea groups is 1. The Bertz CT molecular complexity index is 549. The van der Waals surface area contributed by atoms with E-state index in [1.54, 1.807) is 12.0 Å². The minimum atomic E-state index is -0.937. The Hall–Kier alpha value is -1.59. The molecule has 0 bridgehead atoms. The molecule has 2 atom stereocenters. The maximum absolute atomic E-state index is 11.6. The quantitative estimate of drug-likeness (QED) is 0.753. The van der Waals surface area contributed by atoms with Gasteiger partial charge in [-0.05, 0) is 44.6 Å². The monoisotopic (exact) mass is 334 g/mol. The highest BCUT2D eigenvalue weighted by Crippen LogP contribution is 2.39. The summed E-state index contributed by atoms with van der Waals surface area (Å²) in [6, 6.07) is 7.67. The van der Waals surface area contributed by atoms with Gasteiger partial charge in [-0.2, -0.15) is 0 Å². The molecule has 0 aliphatic carbocycles. The van der Waals surface area contributed by atoms with E-state index in [2.05, 4.69) is 6.07 Å². The molecular weight excluding hydrogens is 304 g/mol. The molecule has 1 saturated heterocycles. The van der Waals surface area contributed by atoms with E-state index in [1.807, 2.05) is 25.1 Å². The highest BCUT2D eigenvalue weighted by atomic mass is 16.5. The molecule has 1 aliphatic heterocycles. The van der Waals surface area contributed by atoms with Crippen LogP contribution in [0.2, 0.25) is 0 Å². The molecule has 0 radical (unpaired) electrons. The van der Waals surface area contributed by atoms with Crippen molar-refractivity contribution in [1.29, 1.82) is 0 Å². The number of methoxy groups -OCH3 is 1. The van der Waals surface area contributed by atoms with Gasteiger partial charge in [-0.3, -0.25) is 0 Å². The number of ether oxygens (including phenoxy) is 1. The van der Waals surface area contributed by atoms with Crippen LogP contribution in [0.3, 0.4) is 0 Å². The van der Waals surface area contributed by atoms with Crippen molar-refractivity contribution in [3.63, 3.8) is 0 Å². The molecule has 24 heavy (non-hydrogen) atoms. The summed E-state index contributed by atoms with van der Waals surface area (Å²) in [6.07, 6.45) is 4.23. The molecular formula is C19H30N2O3. The number of carbonyl (C=O) groups is 1. The van der Waals surface area contributed by atoms with E-state index in [-0.39, 0.29) is 5.92 Å². The van der Waals surface area contributed by atoms with E-state index >= 15 is 0 Å². The van der Waals surface area contributed by atoms with Crippen molar-refractivity contribution >= 4 is 6.03 Å². The normalized spacial score (nSPS) is 20.6. The van der Waals surface area contributed by atoms with Gasteiger partial charge in [0.1, 0.15) is 0 Å². The molecule has 2 rings (SSSR count). The molecule has 0 spiro atoms. The average molecular weight is 334 g/mol. The highest BCUT2D eigenvalue weighted by molar-refractivity contribution is 5.72. The summed E-state index contributed by atoms with van der Waals surface area (Å²) in [4.78, 5) is 13.2. The first-order valence-electron chi connectivity index (χ1n) is 8.80. The van der Waals surface area contributed by atoms with Crippen LogP contribution in [0.1, 0.15) is 43.2 Å². The Kier molecular flexibility index (Phi) is 6.63. The summed E-state index contributed by atoms with van der Waals surface area (Å²) in [5.74, 6) is 0.00287. The Balaban J connectivity index is 2.22. The topological polar surface area (TPSA) is 75.8 Å². The van der Waals surface area contributed by atoms with Gasteiger partial charge in [-0.25, -0.2) is 4.79 Å². The molecule has 1 aromatic rings. The zero-order valence-electron chi connectivity index (χ0n) is 14.8. The summed E-state index contributed by atoms with van der Waals surface area (Å²) in [5.41, 5.74) is 6.60. The zero-order chi connectivity index (χ0) is 17.6. The van der Waals surface area contributed by atoms with Crippen LogP contribution in [0.25, 0.3) is 0 Å². The Morgan fingerprint density at radius 2 is 2.25 bits per heavy atom. The smallest absolute Gasteiger partial charge is 0.314 e. The van der Waals surface area contributed by atoms with E-state index in [0.717, 1.165) is 36.8 Å². The number of rotatable bonds is 7. The van der Waals surface area contributed by atoms with Crippen molar-refractivity contribution < 1.29 is 14.6 Å². The fourth-order valence-electron chi connectivity index (χ4n) is 3.71. The first kappa shape index (κ1) is 18.7.